The number of nitrogens with one attached hydrogen (secondary N) is 1. The summed E-state index contributed by atoms with van der Waals surface area (Å²) in [4.78, 5) is 25.1. The Balaban J connectivity index is 2.76. The summed E-state index contributed by atoms with van der Waals surface area (Å²) in [5, 5.41) is 11.7. The van der Waals surface area contributed by atoms with Crippen molar-refractivity contribution in [3.05, 3.63) is 29.8 Å². The van der Waals surface area contributed by atoms with Crippen LogP contribution in [0.1, 0.15) is 30.6 Å². The van der Waals surface area contributed by atoms with Crippen molar-refractivity contribution in [2.45, 2.75) is 26.3 Å². The van der Waals surface area contributed by atoms with Gasteiger partial charge in [-0.25, -0.2) is 4.79 Å². The van der Waals surface area contributed by atoms with E-state index in [1.807, 2.05) is 45.0 Å². The Bertz CT molecular complexity index is 467. The van der Waals surface area contributed by atoms with Crippen molar-refractivity contribution in [3.63, 3.8) is 0 Å². The Morgan fingerprint density at radius 3 is 2.15 bits per heavy atom. The van der Waals surface area contributed by atoms with E-state index in [-0.39, 0.29) is 11.8 Å². The van der Waals surface area contributed by atoms with Crippen LogP contribution in [-0.2, 0) is 4.79 Å². The van der Waals surface area contributed by atoms with E-state index in [4.69, 9.17) is 5.11 Å². The first-order valence-electron chi connectivity index (χ1n) is 6.62. The lowest BCUT2D eigenvalue weighted by Crippen LogP contribution is -2.41. The van der Waals surface area contributed by atoms with Gasteiger partial charge < -0.3 is 15.3 Å². The summed E-state index contributed by atoms with van der Waals surface area (Å²) in [5.74, 6) is -1.16. The van der Waals surface area contributed by atoms with Crippen LogP contribution >= 0.6 is 0 Å². The first-order valence-corrected chi connectivity index (χ1v) is 6.62. The number of hydrogen-bond donors (Lipinski definition) is 2. The number of amides is 1. The van der Waals surface area contributed by atoms with Gasteiger partial charge in [0.05, 0.1) is 0 Å². The van der Waals surface area contributed by atoms with E-state index >= 15 is 0 Å². The van der Waals surface area contributed by atoms with Crippen molar-refractivity contribution >= 4 is 17.6 Å². The third-order valence-corrected chi connectivity index (χ3v) is 2.96. The molecule has 5 nitrogen and oxygen atoms in total. The minimum absolute atomic E-state index is 0.201. The molecular formula is C15H22N2O3. The monoisotopic (exact) mass is 278 g/mol. The third kappa shape index (κ3) is 4.57. The van der Waals surface area contributed by atoms with Gasteiger partial charge in [0.25, 0.3) is 5.91 Å². The van der Waals surface area contributed by atoms with Gasteiger partial charge in [-0.1, -0.05) is 13.8 Å². The molecule has 0 bridgehead atoms. The fourth-order valence-electron chi connectivity index (χ4n) is 1.85. The minimum Gasteiger partial charge on any atom is -0.480 e. The van der Waals surface area contributed by atoms with Crippen LogP contribution in [0.5, 0.6) is 0 Å². The van der Waals surface area contributed by atoms with Crippen LogP contribution in [-0.4, -0.2) is 37.1 Å². The number of hydrogen-bond acceptors (Lipinski definition) is 3. The fraction of sp³-hybridized carbons (Fsp3) is 0.467. The Morgan fingerprint density at radius 2 is 1.75 bits per heavy atom. The average Bonchev–Trinajstić information content (AvgIpc) is 2.37. The summed E-state index contributed by atoms with van der Waals surface area (Å²) in [7, 11) is 3.83. The first kappa shape index (κ1) is 16.0. The van der Waals surface area contributed by atoms with Gasteiger partial charge in [-0.2, -0.15) is 0 Å². The molecule has 20 heavy (non-hydrogen) atoms. The van der Waals surface area contributed by atoms with Crippen LogP contribution < -0.4 is 10.2 Å². The summed E-state index contributed by atoms with van der Waals surface area (Å²) in [6, 6.07) is 6.19. The molecule has 0 saturated heterocycles. The molecule has 1 aromatic carbocycles. The summed E-state index contributed by atoms with van der Waals surface area (Å²) < 4.78 is 0. The lowest BCUT2D eigenvalue weighted by molar-refractivity contribution is -0.139. The smallest absolute Gasteiger partial charge is 0.326 e. The quantitative estimate of drug-likeness (QED) is 0.835. The molecule has 0 fully saturated rings. The summed E-state index contributed by atoms with van der Waals surface area (Å²) in [5.41, 5.74) is 1.45. The standard InChI is InChI=1S/C15H22N2O3/c1-10(2)9-13(15(19)20)16-14(18)11-5-7-12(8-6-11)17(3)4/h5-8,10,13H,9H2,1-4H3,(H,16,18)(H,19,20)/t13-/m0/s1. The van der Waals surface area contributed by atoms with E-state index in [0.29, 0.717) is 12.0 Å². The number of carboxylic acid groups (broad SMARTS) is 1. The van der Waals surface area contributed by atoms with Gasteiger partial charge in [-0.05, 0) is 36.6 Å². The molecule has 0 aliphatic heterocycles. The van der Waals surface area contributed by atoms with Gasteiger partial charge in [0.15, 0.2) is 0 Å². The normalized spacial score (nSPS) is 12.1. The molecule has 2 N–H and O–H groups in total. The molecule has 1 rings (SSSR count). The highest BCUT2D eigenvalue weighted by Crippen LogP contribution is 2.13. The highest BCUT2D eigenvalue weighted by Gasteiger charge is 2.21. The molecule has 0 aliphatic rings. The maximum atomic E-state index is 12.0. The largest absolute Gasteiger partial charge is 0.480 e. The Kier molecular flexibility index (Phi) is 5.55. The number of aliphatic carboxylic acids is 1. The van der Waals surface area contributed by atoms with Crippen LogP contribution in [0.2, 0.25) is 0 Å². The number of rotatable bonds is 6. The molecule has 0 aliphatic carbocycles. The molecule has 5 heteroatoms. The Hall–Kier alpha value is -2.04. The summed E-state index contributed by atoms with van der Waals surface area (Å²) in [6.07, 6.45) is 0.414. The molecule has 0 aromatic heterocycles. The number of nitrogens with zero attached hydrogens (tertiary/aromatic N) is 1. The van der Waals surface area contributed by atoms with Gasteiger partial charge in [0, 0.05) is 25.3 Å². The second kappa shape index (κ2) is 6.93. The Labute approximate surface area is 119 Å². The molecule has 0 heterocycles. The molecule has 0 saturated carbocycles. The first-order chi connectivity index (χ1) is 9.31. The van der Waals surface area contributed by atoms with Gasteiger partial charge in [-0.15, -0.1) is 0 Å². The predicted molar refractivity (Wildman–Crippen MR) is 79.1 cm³/mol. The SMILES string of the molecule is CC(C)C[C@H](NC(=O)c1ccc(N(C)C)cc1)C(=O)O. The van der Waals surface area contributed by atoms with E-state index < -0.39 is 12.0 Å². The Morgan fingerprint density at radius 1 is 1.20 bits per heavy atom. The van der Waals surface area contributed by atoms with Crippen LogP contribution in [0.25, 0.3) is 0 Å². The van der Waals surface area contributed by atoms with Gasteiger partial charge in [0.1, 0.15) is 6.04 Å². The molecular weight excluding hydrogens is 256 g/mol. The van der Waals surface area contributed by atoms with E-state index in [1.54, 1.807) is 12.1 Å². The highest BCUT2D eigenvalue weighted by atomic mass is 16.4. The number of carbonyl (C=O) groups excluding carboxylic acids is 1. The molecule has 1 aromatic rings. The van der Waals surface area contributed by atoms with Gasteiger partial charge in [-0.3, -0.25) is 4.79 Å². The molecule has 0 radical (unpaired) electrons. The van der Waals surface area contributed by atoms with Crippen molar-refractivity contribution in [1.29, 1.82) is 0 Å². The topological polar surface area (TPSA) is 69.6 Å². The van der Waals surface area contributed by atoms with Gasteiger partial charge in [0.2, 0.25) is 0 Å². The van der Waals surface area contributed by atoms with Crippen molar-refractivity contribution in [2.75, 3.05) is 19.0 Å². The predicted octanol–water partition coefficient (Wildman–Crippen LogP) is 1.98. The molecule has 0 unspecified atom stereocenters. The lowest BCUT2D eigenvalue weighted by Gasteiger charge is -2.17. The van der Waals surface area contributed by atoms with Crippen molar-refractivity contribution in [1.82, 2.24) is 5.32 Å². The third-order valence-electron chi connectivity index (χ3n) is 2.96. The fourth-order valence-corrected chi connectivity index (χ4v) is 1.85. The number of anilines is 1. The van der Waals surface area contributed by atoms with E-state index in [1.165, 1.54) is 0 Å². The van der Waals surface area contributed by atoms with Crippen LogP contribution in [0.4, 0.5) is 5.69 Å². The average molecular weight is 278 g/mol. The van der Waals surface area contributed by atoms with E-state index in [9.17, 15) is 9.59 Å². The number of carbonyl (C=O) groups is 2. The van der Waals surface area contributed by atoms with Crippen LogP contribution in [0.15, 0.2) is 24.3 Å². The second-order valence-electron chi connectivity index (χ2n) is 5.44. The maximum Gasteiger partial charge on any atom is 0.326 e. The summed E-state index contributed by atoms with van der Waals surface area (Å²) >= 11 is 0. The van der Waals surface area contributed by atoms with Crippen molar-refractivity contribution in [2.24, 2.45) is 5.92 Å². The van der Waals surface area contributed by atoms with E-state index in [2.05, 4.69) is 5.32 Å². The number of benzene rings is 1. The maximum absolute atomic E-state index is 12.0. The number of carboxylic acids is 1. The molecule has 1 atom stereocenters. The van der Waals surface area contributed by atoms with Crippen LogP contribution in [0, 0.1) is 5.92 Å². The minimum atomic E-state index is -1.00. The second-order valence-corrected chi connectivity index (χ2v) is 5.44. The summed E-state index contributed by atoms with van der Waals surface area (Å²) in [6.45, 7) is 3.85. The van der Waals surface area contributed by atoms with E-state index in [0.717, 1.165) is 5.69 Å². The molecule has 110 valence electrons. The van der Waals surface area contributed by atoms with Crippen molar-refractivity contribution < 1.29 is 14.7 Å². The zero-order chi connectivity index (χ0) is 15.3. The van der Waals surface area contributed by atoms with Crippen molar-refractivity contribution in [3.8, 4) is 0 Å². The zero-order valence-electron chi connectivity index (χ0n) is 12.4. The zero-order valence-corrected chi connectivity index (χ0v) is 12.4. The highest BCUT2D eigenvalue weighted by molar-refractivity contribution is 5.96. The van der Waals surface area contributed by atoms with Crippen LogP contribution in [0.3, 0.4) is 0 Å². The molecule has 0 spiro atoms. The molecule has 1 amide bonds. The van der Waals surface area contributed by atoms with Gasteiger partial charge >= 0.3 is 5.97 Å². The lowest BCUT2D eigenvalue weighted by atomic mass is 10.0.